The van der Waals surface area contributed by atoms with Gasteiger partial charge in [-0.3, -0.25) is 14.3 Å². The van der Waals surface area contributed by atoms with Gasteiger partial charge in [0.25, 0.3) is 11.8 Å². The summed E-state index contributed by atoms with van der Waals surface area (Å²) in [6.07, 6.45) is 9.56. The van der Waals surface area contributed by atoms with Gasteiger partial charge in [-0.1, -0.05) is 11.9 Å². The summed E-state index contributed by atoms with van der Waals surface area (Å²) in [4.78, 5) is 33.2. The Morgan fingerprint density at radius 3 is 2.84 bits per heavy atom. The lowest BCUT2D eigenvalue weighted by atomic mass is 10.0. The molecule has 4 aromatic rings. The average molecular weight is 532 g/mol. The molecule has 0 saturated heterocycles. The van der Waals surface area contributed by atoms with E-state index in [0.717, 1.165) is 27.9 Å². The van der Waals surface area contributed by atoms with E-state index in [4.69, 9.17) is 10.7 Å². The maximum absolute atomic E-state index is 13.4. The molecule has 0 bridgehead atoms. The van der Waals surface area contributed by atoms with Gasteiger partial charge in [0.05, 0.1) is 23.1 Å². The number of amides is 2. The van der Waals surface area contributed by atoms with E-state index in [-0.39, 0.29) is 29.2 Å². The first-order valence-electron chi connectivity index (χ1n) is 12.5. The Balaban J connectivity index is 1.34. The number of hydrogen-bond acceptors (Lipinski definition) is 8. The maximum atomic E-state index is 13.4. The lowest BCUT2D eigenvalue weighted by Gasteiger charge is -2.24. The van der Waals surface area contributed by atoms with Gasteiger partial charge in [-0.2, -0.15) is 5.10 Å². The first-order chi connectivity index (χ1) is 18.3. The summed E-state index contributed by atoms with van der Waals surface area (Å²) in [6.45, 7) is 3.03. The molecule has 1 aliphatic carbocycles. The largest absolute Gasteiger partial charge is 0.381 e. The number of aromatic nitrogens is 5. The number of carbonyl (C=O) groups excluding carboxylic acids is 2. The molecular weight excluding hydrogens is 502 g/mol. The zero-order valence-electron chi connectivity index (χ0n) is 21.4. The quantitative estimate of drug-likeness (QED) is 0.295. The van der Waals surface area contributed by atoms with E-state index in [1.54, 1.807) is 17.1 Å². The number of anilines is 2. The van der Waals surface area contributed by atoms with Crippen molar-refractivity contribution >= 4 is 40.9 Å². The Bertz CT molecular complexity index is 1570. The van der Waals surface area contributed by atoms with Crippen LogP contribution >= 0.6 is 11.9 Å². The summed E-state index contributed by atoms with van der Waals surface area (Å²) < 4.78 is 6.48. The fourth-order valence-corrected chi connectivity index (χ4v) is 5.52. The van der Waals surface area contributed by atoms with Crippen LogP contribution in [0.4, 0.5) is 11.5 Å². The highest BCUT2D eigenvalue weighted by Gasteiger charge is 2.39. The number of nitrogens with one attached hydrogen (secondary N) is 2. The normalized spacial score (nSPS) is 15.7. The summed E-state index contributed by atoms with van der Waals surface area (Å²) in [7, 11) is 1.82. The van der Waals surface area contributed by atoms with Crippen molar-refractivity contribution in [2.24, 2.45) is 13.0 Å². The zero-order chi connectivity index (χ0) is 26.6. The van der Waals surface area contributed by atoms with Gasteiger partial charge in [0, 0.05) is 56.0 Å². The number of nitrogen functional groups attached to an aromatic ring is 1. The number of nitrogens with two attached hydrogens (primary N) is 1. The molecule has 38 heavy (non-hydrogen) atoms. The number of carbonyl (C=O) groups is 2. The molecule has 0 radical (unpaired) electrons. The minimum Gasteiger partial charge on any atom is -0.381 e. The molecule has 1 atom stereocenters. The molecule has 6 rings (SSSR count). The summed E-state index contributed by atoms with van der Waals surface area (Å²) in [5.41, 5.74) is 11.6. The second kappa shape index (κ2) is 9.35. The van der Waals surface area contributed by atoms with Crippen LogP contribution in [-0.2, 0) is 20.1 Å². The smallest absolute Gasteiger partial charge is 0.259 e. The van der Waals surface area contributed by atoms with Crippen molar-refractivity contribution in [1.29, 1.82) is 0 Å². The van der Waals surface area contributed by atoms with Crippen LogP contribution in [0.25, 0.3) is 16.9 Å². The molecular formula is C26H29N9O2S. The Labute approximate surface area is 223 Å². The maximum Gasteiger partial charge on any atom is 0.259 e. The predicted octanol–water partition coefficient (Wildman–Crippen LogP) is 3.09. The number of aryl methyl sites for hydroxylation is 1. The molecule has 1 aliphatic heterocycles. The standard InChI is InChI=1S/C26H29N9O2S/c1-14(16-4-5-16)34-13-18-8-17(9-20(32-38-3)21(18)26(34)37)19-6-7-35-24(30-19)22(23(27)31-35)25(36)28-10-15-11-29-33(2)12-15/h6-9,11-12,14,16,32H,4-5,10,13H2,1-3H3,(H2,27,31)(H,28,36). The third-order valence-corrected chi connectivity index (χ3v) is 7.71. The van der Waals surface area contributed by atoms with Crippen LogP contribution in [0, 0.1) is 5.92 Å². The van der Waals surface area contributed by atoms with Crippen LogP contribution in [-0.4, -0.2) is 53.4 Å². The lowest BCUT2D eigenvalue weighted by Crippen LogP contribution is -2.34. The van der Waals surface area contributed by atoms with Gasteiger partial charge in [0.15, 0.2) is 11.5 Å². The van der Waals surface area contributed by atoms with Gasteiger partial charge in [0.2, 0.25) is 0 Å². The molecule has 4 heterocycles. The summed E-state index contributed by atoms with van der Waals surface area (Å²) >= 11 is 1.44. The Morgan fingerprint density at radius 1 is 1.32 bits per heavy atom. The lowest BCUT2D eigenvalue weighted by molar-refractivity contribution is 0.0698. The molecule has 1 unspecified atom stereocenters. The number of benzene rings is 1. The highest BCUT2D eigenvalue weighted by Crippen LogP contribution is 2.41. The van der Waals surface area contributed by atoms with Crippen molar-refractivity contribution in [3.63, 3.8) is 0 Å². The van der Waals surface area contributed by atoms with Crippen molar-refractivity contribution < 1.29 is 9.59 Å². The van der Waals surface area contributed by atoms with Crippen LogP contribution < -0.4 is 15.8 Å². The first-order valence-corrected chi connectivity index (χ1v) is 13.7. The third kappa shape index (κ3) is 4.24. The summed E-state index contributed by atoms with van der Waals surface area (Å²) in [5.74, 6) is 0.401. The van der Waals surface area contributed by atoms with E-state index in [9.17, 15) is 9.59 Å². The molecule has 1 aromatic carbocycles. The Hall–Kier alpha value is -4.06. The fourth-order valence-electron chi connectivity index (χ4n) is 5.14. The molecule has 12 heteroatoms. The molecule has 2 aliphatic rings. The van der Waals surface area contributed by atoms with Crippen LogP contribution in [0.2, 0.25) is 0 Å². The van der Waals surface area contributed by atoms with Crippen molar-refractivity contribution in [3.05, 3.63) is 59.0 Å². The van der Waals surface area contributed by atoms with Gasteiger partial charge in [-0.25, -0.2) is 9.50 Å². The van der Waals surface area contributed by atoms with Gasteiger partial charge in [-0.15, -0.1) is 5.10 Å². The number of fused-ring (bicyclic) bond motifs is 2. The molecule has 0 spiro atoms. The minimum absolute atomic E-state index is 0.0713. The van der Waals surface area contributed by atoms with E-state index >= 15 is 0 Å². The van der Waals surface area contributed by atoms with Crippen molar-refractivity contribution in [3.8, 4) is 11.3 Å². The van der Waals surface area contributed by atoms with Crippen LogP contribution in [0.5, 0.6) is 0 Å². The molecule has 4 N–H and O–H groups in total. The average Bonchev–Trinajstić information content (AvgIpc) is 3.46. The number of hydrogen-bond donors (Lipinski definition) is 3. The van der Waals surface area contributed by atoms with Crippen molar-refractivity contribution in [1.82, 2.24) is 34.6 Å². The number of nitrogens with zero attached hydrogens (tertiary/aromatic N) is 6. The predicted molar refractivity (Wildman–Crippen MR) is 146 cm³/mol. The minimum atomic E-state index is -0.361. The van der Waals surface area contributed by atoms with Crippen LogP contribution in [0.1, 0.15) is 51.6 Å². The summed E-state index contributed by atoms with van der Waals surface area (Å²) in [5, 5.41) is 11.3. The zero-order valence-corrected chi connectivity index (χ0v) is 22.2. The van der Waals surface area contributed by atoms with E-state index in [0.29, 0.717) is 30.3 Å². The van der Waals surface area contributed by atoms with Crippen molar-refractivity contribution in [2.45, 2.75) is 38.9 Å². The fraction of sp³-hybridized carbons (Fsp3) is 0.346. The monoisotopic (exact) mass is 531 g/mol. The van der Waals surface area contributed by atoms with E-state index in [1.165, 1.54) is 29.3 Å². The van der Waals surface area contributed by atoms with E-state index in [1.807, 2.05) is 42.6 Å². The van der Waals surface area contributed by atoms with Gasteiger partial charge < -0.3 is 20.7 Å². The third-order valence-electron chi connectivity index (χ3n) is 7.29. The van der Waals surface area contributed by atoms with Crippen LogP contribution in [0.3, 0.4) is 0 Å². The SMILES string of the molecule is CSNc1cc(-c2ccn3nc(N)c(C(=O)NCc4cnn(C)c4)c3n2)cc2c1C(=O)N(C(C)C1CC1)C2. The summed E-state index contributed by atoms with van der Waals surface area (Å²) in [6, 6.07) is 6.03. The highest BCUT2D eigenvalue weighted by molar-refractivity contribution is 7.99. The van der Waals surface area contributed by atoms with Gasteiger partial charge in [-0.05, 0) is 49.4 Å². The molecule has 11 nitrogen and oxygen atoms in total. The molecule has 1 saturated carbocycles. The Morgan fingerprint density at radius 2 is 2.13 bits per heavy atom. The second-order valence-electron chi connectivity index (χ2n) is 9.92. The van der Waals surface area contributed by atoms with E-state index < -0.39 is 0 Å². The second-order valence-corrected chi connectivity index (χ2v) is 10.5. The first kappa shape index (κ1) is 24.3. The molecule has 196 valence electrons. The Kier molecular flexibility index (Phi) is 5.98. The van der Waals surface area contributed by atoms with Gasteiger partial charge >= 0.3 is 0 Å². The van der Waals surface area contributed by atoms with Crippen LogP contribution in [0.15, 0.2) is 36.8 Å². The van der Waals surface area contributed by atoms with Gasteiger partial charge in [0.1, 0.15) is 5.56 Å². The number of rotatable bonds is 8. The molecule has 2 amide bonds. The topological polar surface area (TPSA) is 135 Å². The van der Waals surface area contributed by atoms with Crippen molar-refractivity contribution in [2.75, 3.05) is 16.7 Å². The molecule has 3 aromatic heterocycles. The van der Waals surface area contributed by atoms with E-state index in [2.05, 4.69) is 27.2 Å². The molecule has 1 fully saturated rings. The highest BCUT2D eigenvalue weighted by atomic mass is 32.2.